The highest BCUT2D eigenvalue weighted by Crippen LogP contribution is 2.28. The summed E-state index contributed by atoms with van der Waals surface area (Å²) in [6, 6.07) is 8.04. The van der Waals surface area contributed by atoms with Crippen LogP contribution in [-0.4, -0.2) is 28.6 Å². The molecule has 2 heterocycles. The number of aromatic nitrogens is 1. The van der Waals surface area contributed by atoms with Gasteiger partial charge in [-0.3, -0.25) is 4.79 Å². The van der Waals surface area contributed by atoms with Crippen molar-refractivity contribution in [1.29, 1.82) is 5.26 Å². The monoisotopic (exact) mass is 385 g/mol. The Hall–Kier alpha value is -2.59. The molecule has 6 nitrogen and oxygen atoms in total. The lowest BCUT2D eigenvalue weighted by atomic mass is 10.00. The number of ether oxygens (including phenoxy) is 1. The normalized spacial score (nSPS) is 15.3. The summed E-state index contributed by atoms with van der Waals surface area (Å²) in [4.78, 5) is 25.8. The fraction of sp³-hybridized carbons (Fsp3) is 0.450. The van der Waals surface area contributed by atoms with E-state index in [0.717, 1.165) is 24.2 Å². The van der Waals surface area contributed by atoms with Crippen LogP contribution < -0.4 is 5.32 Å². The lowest BCUT2D eigenvalue weighted by Crippen LogP contribution is -2.46. The number of hydrogen-bond acceptors (Lipinski definition) is 5. The van der Waals surface area contributed by atoms with Crippen LogP contribution in [0.2, 0.25) is 0 Å². The van der Waals surface area contributed by atoms with Crippen LogP contribution in [0.3, 0.4) is 0 Å². The average molecular weight is 385 g/mol. The number of nitrogens with zero attached hydrogens (tertiary/aromatic N) is 2. The second-order valence-electron chi connectivity index (χ2n) is 6.98. The van der Waals surface area contributed by atoms with Gasteiger partial charge in [0.05, 0.1) is 18.2 Å². The number of esters is 1. The van der Waals surface area contributed by atoms with Gasteiger partial charge in [-0.1, -0.05) is 6.07 Å². The third-order valence-corrected chi connectivity index (χ3v) is 5.93. The van der Waals surface area contributed by atoms with E-state index < -0.39 is 17.4 Å². The number of thiophene rings is 1. The second-order valence-corrected chi connectivity index (χ2v) is 8.01. The molecule has 0 unspecified atom stereocenters. The van der Waals surface area contributed by atoms with Gasteiger partial charge in [-0.15, -0.1) is 11.3 Å². The van der Waals surface area contributed by atoms with E-state index in [9.17, 15) is 14.9 Å². The zero-order valence-electron chi connectivity index (χ0n) is 15.6. The molecule has 7 heteroatoms. The molecule has 1 N–H and O–H groups in total. The summed E-state index contributed by atoms with van der Waals surface area (Å²) in [5.74, 6) is -0.952. The number of carbonyl (C=O) groups is 2. The SMILES string of the molecule is Cc1cc(C(=O)OCC(=O)NC2(C#N)CCCC2)c(C)n1Cc1cccs1. The molecule has 1 saturated carbocycles. The van der Waals surface area contributed by atoms with Crippen molar-refractivity contribution in [3.8, 4) is 6.07 Å². The number of nitrogens with one attached hydrogen (secondary N) is 1. The van der Waals surface area contributed by atoms with Gasteiger partial charge in [0.25, 0.3) is 5.91 Å². The maximum absolute atomic E-state index is 12.4. The van der Waals surface area contributed by atoms with Gasteiger partial charge in [0, 0.05) is 16.3 Å². The Morgan fingerprint density at radius 3 is 2.74 bits per heavy atom. The van der Waals surface area contributed by atoms with Crippen molar-refractivity contribution < 1.29 is 14.3 Å². The molecular formula is C20H23N3O3S. The first-order valence-electron chi connectivity index (χ1n) is 9.02. The zero-order valence-corrected chi connectivity index (χ0v) is 16.4. The molecule has 27 heavy (non-hydrogen) atoms. The summed E-state index contributed by atoms with van der Waals surface area (Å²) >= 11 is 1.67. The Labute approximate surface area is 162 Å². The molecule has 0 radical (unpaired) electrons. The van der Waals surface area contributed by atoms with Gasteiger partial charge >= 0.3 is 5.97 Å². The highest BCUT2D eigenvalue weighted by Gasteiger charge is 2.35. The quantitative estimate of drug-likeness (QED) is 0.773. The van der Waals surface area contributed by atoms with E-state index in [1.54, 1.807) is 17.4 Å². The van der Waals surface area contributed by atoms with Gasteiger partial charge in [-0.2, -0.15) is 5.26 Å². The maximum Gasteiger partial charge on any atom is 0.340 e. The minimum atomic E-state index is -0.806. The van der Waals surface area contributed by atoms with Gasteiger partial charge in [-0.25, -0.2) is 4.79 Å². The minimum absolute atomic E-state index is 0.378. The highest BCUT2D eigenvalue weighted by molar-refractivity contribution is 7.09. The van der Waals surface area contributed by atoms with Gasteiger partial charge < -0.3 is 14.6 Å². The Kier molecular flexibility index (Phi) is 5.66. The first-order chi connectivity index (χ1) is 12.9. The Bertz CT molecular complexity index is 871. The summed E-state index contributed by atoms with van der Waals surface area (Å²) < 4.78 is 7.26. The molecule has 1 aliphatic rings. The van der Waals surface area contributed by atoms with Crippen molar-refractivity contribution >= 4 is 23.2 Å². The third kappa shape index (κ3) is 4.22. The van der Waals surface area contributed by atoms with E-state index in [2.05, 4.69) is 22.0 Å². The number of rotatable bonds is 6. The molecule has 0 aliphatic heterocycles. The summed E-state index contributed by atoms with van der Waals surface area (Å²) in [5, 5.41) is 14.1. The zero-order chi connectivity index (χ0) is 19.4. The lowest BCUT2D eigenvalue weighted by molar-refractivity contribution is -0.125. The van der Waals surface area contributed by atoms with Crippen LogP contribution in [0.5, 0.6) is 0 Å². The lowest BCUT2D eigenvalue weighted by Gasteiger charge is -2.21. The average Bonchev–Trinajstić information content (AvgIpc) is 3.38. The molecule has 3 rings (SSSR count). The van der Waals surface area contributed by atoms with E-state index in [0.29, 0.717) is 24.9 Å². The van der Waals surface area contributed by atoms with Crippen LogP contribution in [0.4, 0.5) is 0 Å². The number of carbonyl (C=O) groups excluding carboxylic acids is 2. The van der Waals surface area contributed by atoms with Crippen molar-refractivity contribution in [2.45, 2.75) is 51.6 Å². The highest BCUT2D eigenvalue weighted by atomic mass is 32.1. The number of aryl methyl sites for hydroxylation is 1. The smallest absolute Gasteiger partial charge is 0.340 e. The van der Waals surface area contributed by atoms with Crippen molar-refractivity contribution in [2.24, 2.45) is 0 Å². The van der Waals surface area contributed by atoms with Crippen molar-refractivity contribution in [2.75, 3.05) is 6.61 Å². The summed E-state index contributed by atoms with van der Waals surface area (Å²) in [5.41, 5.74) is 1.44. The first-order valence-corrected chi connectivity index (χ1v) is 9.90. The van der Waals surface area contributed by atoms with E-state index in [4.69, 9.17) is 4.74 Å². The van der Waals surface area contributed by atoms with E-state index in [1.165, 1.54) is 4.88 Å². The molecular weight excluding hydrogens is 362 g/mol. The van der Waals surface area contributed by atoms with Crippen LogP contribution in [0.25, 0.3) is 0 Å². The van der Waals surface area contributed by atoms with E-state index in [-0.39, 0.29) is 6.61 Å². The number of nitriles is 1. The molecule has 0 atom stereocenters. The van der Waals surface area contributed by atoms with E-state index in [1.807, 2.05) is 25.3 Å². The molecule has 2 aromatic heterocycles. The van der Waals surface area contributed by atoms with Gasteiger partial charge in [-0.05, 0) is 57.0 Å². The van der Waals surface area contributed by atoms with Gasteiger partial charge in [0.15, 0.2) is 6.61 Å². The van der Waals surface area contributed by atoms with Crippen molar-refractivity contribution in [3.05, 3.63) is 45.4 Å². The predicted octanol–water partition coefficient (Wildman–Crippen LogP) is 3.32. The summed E-state index contributed by atoms with van der Waals surface area (Å²) in [7, 11) is 0. The maximum atomic E-state index is 12.4. The summed E-state index contributed by atoms with van der Waals surface area (Å²) in [6.45, 7) is 4.14. The molecule has 0 bridgehead atoms. The van der Waals surface area contributed by atoms with Crippen LogP contribution in [0.15, 0.2) is 23.6 Å². The largest absolute Gasteiger partial charge is 0.452 e. The van der Waals surface area contributed by atoms with Crippen LogP contribution in [-0.2, 0) is 16.1 Å². The molecule has 142 valence electrons. The first kappa shape index (κ1) is 19.2. The fourth-order valence-electron chi connectivity index (χ4n) is 3.56. The molecule has 1 fully saturated rings. The van der Waals surface area contributed by atoms with Crippen LogP contribution in [0, 0.1) is 25.2 Å². The molecule has 2 aromatic rings. The molecule has 0 aromatic carbocycles. The minimum Gasteiger partial charge on any atom is -0.452 e. The van der Waals surface area contributed by atoms with Crippen LogP contribution >= 0.6 is 11.3 Å². The third-order valence-electron chi connectivity index (χ3n) is 5.07. The standard InChI is InChI=1S/C20H23N3O3S/c1-14-10-17(15(2)23(14)11-16-6-5-9-27-16)19(25)26-12-18(24)22-20(13-21)7-3-4-8-20/h5-6,9-10H,3-4,7-8,11-12H2,1-2H3,(H,22,24). The Balaban J connectivity index is 1.61. The molecule has 0 spiro atoms. The van der Waals surface area contributed by atoms with Gasteiger partial charge in [0.1, 0.15) is 5.54 Å². The Morgan fingerprint density at radius 1 is 1.37 bits per heavy atom. The van der Waals surface area contributed by atoms with Gasteiger partial charge in [0.2, 0.25) is 0 Å². The van der Waals surface area contributed by atoms with Crippen molar-refractivity contribution in [3.63, 3.8) is 0 Å². The second kappa shape index (κ2) is 7.97. The Morgan fingerprint density at radius 2 is 2.11 bits per heavy atom. The van der Waals surface area contributed by atoms with Crippen LogP contribution in [0.1, 0.15) is 52.3 Å². The molecule has 0 saturated heterocycles. The number of amides is 1. The number of hydrogen-bond donors (Lipinski definition) is 1. The molecule has 1 amide bonds. The fourth-order valence-corrected chi connectivity index (χ4v) is 4.26. The predicted molar refractivity (Wildman–Crippen MR) is 103 cm³/mol. The summed E-state index contributed by atoms with van der Waals surface area (Å²) in [6.07, 6.45) is 3.13. The van der Waals surface area contributed by atoms with Crippen molar-refractivity contribution in [1.82, 2.24) is 9.88 Å². The topological polar surface area (TPSA) is 84.1 Å². The molecule has 1 aliphatic carbocycles. The van der Waals surface area contributed by atoms with E-state index >= 15 is 0 Å².